The number of piperidine rings is 1. The van der Waals surface area contributed by atoms with Gasteiger partial charge in [-0.25, -0.2) is 0 Å². The molecule has 1 unspecified atom stereocenters. The lowest BCUT2D eigenvalue weighted by molar-refractivity contribution is -0.123. The predicted octanol–water partition coefficient (Wildman–Crippen LogP) is 7.36. The molecule has 5 nitrogen and oxygen atoms in total. The van der Waals surface area contributed by atoms with Gasteiger partial charge in [0.25, 0.3) is 5.91 Å². The van der Waals surface area contributed by atoms with E-state index in [4.69, 9.17) is 0 Å². The van der Waals surface area contributed by atoms with Gasteiger partial charge >= 0.3 is 0 Å². The van der Waals surface area contributed by atoms with Crippen molar-refractivity contribution in [2.45, 2.75) is 39.5 Å². The predicted molar refractivity (Wildman–Crippen MR) is 169 cm³/mol. The van der Waals surface area contributed by atoms with Crippen LogP contribution in [0.2, 0.25) is 0 Å². The SMILES string of the molecule is CCNC(=O)C(c1ccccc1)C1CCN(c2ccc(NC(=O)c3ccccc3-c3ccc(C)c(C)c3)cc2)CC1. The van der Waals surface area contributed by atoms with E-state index in [1.54, 1.807) is 0 Å². The van der Waals surface area contributed by atoms with Gasteiger partial charge in [-0.15, -0.1) is 0 Å². The highest BCUT2D eigenvalue weighted by molar-refractivity contribution is 6.08. The second-order valence-electron chi connectivity index (χ2n) is 11.0. The lowest BCUT2D eigenvalue weighted by Crippen LogP contribution is -2.40. The van der Waals surface area contributed by atoms with Gasteiger partial charge in [-0.05, 0) is 97.7 Å². The van der Waals surface area contributed by atoms with E-state index in [9.17, 15) is 9.59 Å². The summed E-state index contributed by atoms with van der Waals surface area (Å²) in [5.74, 6) is 0.180. The number of carbonyl (C=O) groups excluding carboxylic acids is 2. The first-order chi connectivity index (χ1) is 19.9. The molecule has 210 valence electrons. The van der Waals surface area contributed by atoms with Crippen LogP contribution in [0.5, 0.6) is 0 Å². The Bertz CT molecular complexity index is 1490. The van der Waals surface area contributed by atoms with Crippen molar-refractivity contribution in [3.63, 3.8) is 0 Å². The van der Waals surface area contributed by atoms with Crippen LogP contribution in [0.15, 0.2) is 97.1 Å². The monoisotopic (exact) mass is 545 g/mol. The van der Waals surface area contributed by atoms with E-state index in [0.717, 1.165) is 54.0 Å². The molecule has 4 aromatic rings. The van der Waals surface area contributed by atoms with Crippen LogP contribution < -0.4 is 15.5 Å². The molecule has 2 amide bonds. The number of aryl methyl sites for hydroxylation is 2. The molecule has 1 atom stereocenters. The topological polar surface area (TPSA) is 61.4 Å². The maximum Gasteiger partial charge on any atom is 0.256 e. The van der Waals surface area contributed by atoms with E-state index in [1.165, 1.54) is 11.1 Å². The lowest BCUT2D eigenvalue weighted by atomic mass is 9.79. The van der Waals surface area contributed by atoms with Crippen LogP contribution in [0.25, 0.3) is 11.1 Å². The molecular formula is C36H39N3O2. The lowest BCUT2D eigenvalue weighted by Gasteiger charge is -2.37. The Balaban J connectivity index is 1.24. The highest BCUT2D eigenvalue weighted by Gasteiger charge is 2.32. The summed E-state index contributed by atoms with van der Waals surface area (Å²) in [6.45, 7) is 8.58. The summed E-state index contributed by atoms with van der Waals surface area (Å²) < 4.78 is 0. The van der Waals surface area contributed by atoms with E-state index < -0.39 is 0 Å². The fraction of sp³-hybridized carbons (Fsp3) is 0.278. The summed E-state index contributed by atoms with van der Waals surface area (Å²) in [5, 5.41) is 6.14. The Morgan fingerprint density at radius 2 is 1.51 bits per heavy atom. The van der Waals surface area contributed by atoms with E-state index in [0.29, 0.717) is 18.0 Å². The zero-order valence-corrected chi connectivity index (χ0v) is 24.2. The van der Waals surface area contributed by atoms with Crippen molar-refractivity contribution in [3.8, 4) is 11.1 Å². The maximum absolute atomic E-state index is 13.3. The van der Waals surface area contributed by atoms with Crippen molar-refractivity contribution in [2.75, 3.05) is 29.9 Å². The summed E-state index contributed by atoms with van der Waals surface area (Å²) in [5.41, 5.74) is 8.05. The summed E-state index contributed by atoms with van der Waals surface area (Å²) in [7, 11) is 0. The second kappa shape index (κ2) is 12.9. The van der Waals surface area contributed by atoms with Gasteiger partial charge in [-0.1, -0.05) is 66.7 Å². The zero-order valence-electron chi connectivity index (χ0n) is 24.2. The van der Waals surface area contributed by atoms with E-state index in [-0.39, 0.29) is 17.7 Å². The van der Waals surface area contributed by atoms with Crippen LogP contribution in [0.3, 0.4) is 0 Å². The molecule has 0 aromatic heterocycles. The molecule has 5 heteroatoms. The molecule has 1 saturated heterocycles. The molecule has 1 heterocycles. The van der Waals surface area contributed by atoms with Crippen LogP contribution in [0, 0.1) is 19.8 Å². The third-order valence-electron chi connectivity index (χ3n) is 8.28. The number of hydrogen-bond acceptors (Lipinski definition) is 3. The summed E-state index contributed by atoms with van der Waals surface area (Å²) >= 11 is 0. The largest absolute Gasteiger partial charge is 0.372 e. The highest BCUT2D eigenvalue weighted by atomic mass is 16.2. The third kappa shape index (κ3) is 6.51. The fourth-order valence-electron chi connectivity index (χ4n) is 5.87. The van der Waals surface area contributed by atoms with Crippen LogP contribution in [0.1, 0.15) is 52.7 Å². The van der Waals surface area contributed by atoms with Crippen molar-refractivity contribution < 1.29 is 9.59 Å². The van der Waals surface area contributed by atoms with E-state index in [1.807, 2.05) is 61.5 Å². The molecule has 0 spiro atoms. The molecule has 4 aromatic carbocycles. The Morgan fingerprint density at radius 1 is 0.829 bits per heavy atom. The van der Waals surface area contributed by atoms with Gasteiger partial charge in [0, 0.05) is 36.6 Å². The van der Waals surface area contributed by atoms with Gasteiger partial charge in [-0.2, -0.15) is 0 Å². The molecule has 5 rings (SSSR count). The van der Waals surface area contributed by atoms with Crippen molar-refractivity contribution >= 4 is 23.2 Å². The minimum atomic E-state index is -0.123. The van der Waals surface area contributed by atoms with Crippen molar-refractivity contribution in [3.05, 3.63) is 119 Å². The number of benzene rings is 4. The Labute approximate surface area is 243 Å². The summed E-state index contributed by atoms with van der Waals surface area (Å²) in [6, 6.07) is 32.3. The van der Waals surface area contributed by atoms with Crippen LogP contribution >= 0.6 is 0 Å². The third-order valence-corrected chi connectivity index (χ3v) is 8.28. The number of likely N-dealkylation sites (N-methyl/N-ethyl adjacent to an activating group) is 1. The second-order valence-corrected chi connectivity index (χ2v) is 11.0. The number of carbonyl (C=O) groups is 2. The first-order valence-electron chi connectivity index (χ1n) is 14.6. The molecule has 0 saturated carbocycles. The zero-order chi connectivity index (χ0) is 28.8. The quantitative estimate of drug-likeness (QED) is 0.243. The Kier molecular flexibility index (Phi) is 8.83. The Morgan fingerprint density at radius 3 is 2.20 bits per heavy atom. The summed E-state index contributed by atoms with van der Waals surface area (Å²) in [4.78, 5) is 28.7. The number of hydrogen-bond donors (Lipinski definition) is 2. The number of rotatable bonds is 8. The van der Waals surface area contributed by atoms with E-state index >= 15 is 0 Å². The molecule has 1 aliphatic rings. The van der Waals surface area contributed by atoms with Crippen molar-refractivity contribution in [2.24, 2.45) is 5.92 Å². The Hall–Kier alpha value is -4.38. The van der Waals surface area contributed by atoms with Crippen LogP contribution in [-0.2, 0) is 4.79 Å². The minimum Gasteiger partial charge on any atom is -0.372 e. The first-order valence-corrected chi connectivity index (χ1v) is 14.6. The normalized spacial score (nSPS) is 14.4. The highest BCUT2D eigenvalue weighted by Crippen LogP contribution is 2.35. The van der Waals surface area contributed by atoms with Gasteiger partial charge in [0.1, 0.15) is 0 Å². The molecule has 2 N–H and O–H groups in total. The fourth-order valence-corrected chi connectivity index (χ4v) is 5.87. The van der Waals surface area contributed by atoms with Crippen molar-refractivity contribution in [1.29, 1.82) is 0 Å². The number of anilines is 2. The molecule has 1 aliphatic heterocycles. The molecule has 0 bridgehead atoms. The van der Waals surface area contributed by atoms with Crippen molar-refractivity contribution in [1.82, 2.24) is 5.32 Å². The molecule has 41 heavy (non-hydrogen) atoms. The number of nitrogens with zero attached hydrogens (tertiary/aromatic N) is 1. The number of amides is 2. The van der Waals surface area contributed by atoms with Gasteiger partial charge in [0.15, 0.2) is 0 Å². The maximum atomic E-state index is 13.3. The van der Waals surface area contributed by atoms with Crippen LogP contribution in [0.4, 0.5) is 11.4 Å². The molecular weight excluding hydrogens is 506 g/mol. The molecule has 0 aliphatic carbocycles. The average Bonchev–Trinajstić information content (AvgIpc) is 3.00. The molecule has 0 radical (unpaired) electrons. The number of nitrogens with one attached hydrogen (secondary N) is 2. The molecule has 1 fully saturated rings. The van der Waals surface area contributed by atoms with Gasteiger partial charge in [-0.3, -0.25) is 9.59 Å². The minimum absolute atomic E-state index is 0.121. The summed E-state index contributed by atoms with van der Waals surface area (Å²) in [6.07, 6.45) is 1.90. The van der Waals surface area contributed by atoms with Gasteiger partial charge in [0.05, 0.1) is 5.92 Å². The van der Waals surface area contributed by atoms with Gasteiger partial charge in [0.2, 0.25) is 5.91 Å². The standard InChI is InChI=1S/C36H39N3O2/c1-4-37-36(41)34(27-10-6-5-7-11-27)28-20-22-39(23-21-28)31-18-16-30(17-19-31)38-35(40)33-13-9-8-12-32(33)29-15-14-25(2)26(3)24-29/h5-19,24,28,34H,4,20-23H2,1-3H3,(H,37,41)(H,38,40). The van der Waals surface area contributed by atoms with Gasteiger partial charge < -0.3 is 15.5 Å². The van der Waals surface area contributed by atoms with Crippen LogP contribution in [-0.4, -0.2) is 31.4 Å². The first kappa shape index (κ1) is 28.2. The van der Waals surface area contributed by atoms with E-state index in [2.05, 4.69) is 71.8 Å². The smallest absolute Gasteiger partial charge is 0.256 e. The average molecular weight is 546 g/mol.